The molecule has 3 aromatic carbocycles. The Morgan fingerprint density at radius 1 is 1.03 bits per heavy atom. The largest absolute Gasteiger partial charge is 0.496 e. The third-order valence-corrected chi connectivity index (χ3v) is 5.84. The van der Waals surface area contributed by atoms with Crippen molar-refractivity contribution < 1.29 is 22.4 Å². The van der Waals surface area contributed by atoms with Crippen LogP contribution in [-0.4, -0.2) is 37.9 Å². The third-order valence-electron chi connectivity index (χ3n) is 4.71. The highest BCUT2D eigenvalue weighted by Gasteiger charge is 2.17. The van der Waals surface area contributed by atoms with E-state index in [0.717, 1.165) is 22.6 Å². The summed E-state index contributed by atoms with van der Waals surface area (Å²) in [4.78, 5) is 13.0. The van der Waals surface area contributed by atoms with Crippen LogP contribution in [0.3, 0.4) is 0 Å². The normalized spacial score (nSPS) is 11.4. The van der Waals surface area contributed by atoms with Gasteiger partial charge in [0.25, 0.3) is 5.91 Å². The van der Waals surface area contributed by atoms with Gasteiger partial charge in [0.15, 0.2) is 9.84 Å². The van der Waals surface area contributed by atoms with Gasteiger partial charge >= 0.3 is 6.01 Å². The van der Waals surface area contributed by atoms with E-state index in [1.54, 1.807) is 24.3 Å². The van der Waals surface area contributed by atoms with Crippen LogP contribution in [0.4, 0.5) is 6.01 Å². The number of anilines is 1. The summed E-state index contributed by atoms with van der Waals surface area (Å²) in [5.41, 5.74) is 1.14. The number of rotatable bonds is 6. The molecule has 0 spiro atoms. The van der Waals surface area contributed by atoms with Crippen LogP contribution in [0.1, 0.15) is 21.8 Å². The topological polar surface area (TPSA) is 111 Å². The van der Waals surface area contributed by atoms with Crippen molar-refractivity contribution >= 4 is 32.5 Å². The smallest absolute Gasteiger partial charge is 0.322 e. The number of benzene rings is 3. The van der Waals surface area contributed by atoms with Crippen molar-refractivity contribution in [2.24, 2.45) is 0 Å². The van der Waals surface area contributed by atoms with Crippen molar-refractivity contribution in [2.45, 2.75) is 11.3 Å². The molecule has 1 N–H and O–H groups in total. The zero-order valence-electron chi connectivity index (χ0n) is 16.8. The molecule has 4 rings (SSSR count). The van der Waals surface area contributed by atoms with Gasteiger partial charge in [-0.2, -0.15) is 0 Å². The van der Waals surface area contributed by atoms with Gasteiger partial charge in [0.1, 0.15) is 5.75 Å². The van der Waals surface area contributed by atoms with E-state index in [1.165, 1.54) is 19.2 Å². The quantitative estimate of drug-likeness (QED) is 0.491. The first-order valence-electron chi connectivity index (χ1n) is 9.33. The summed E-state index contributed by atoms with van der Waals surface area (Å²) in [5, 5.41) is 12.3. The first-order chi connectivity index (χ1) is 14.8. The maximum atomic E-state index is 12.8. The number of sulfone groups is 1. The predicted octanol–water partition coefficient (Wildman–Crippen LogP) is 3.48. The van der Waals surface area contributed by atoms with E-state index < -0.39 is 15.7 Å². The Hall–Kier alpha value is -3.72. The number of fused-ring (bicyclic) bond motifs is 1. The fourth-order valence-corrected chi connectivity index (χ4v) is 3.77. The highest BCUT2D eigenvalue weighted by atomic mass is 32.2. The summed E-state index contributed by atoms with van der Waals surface area (Å²) in [6, 6.07) is 17.6. The molecule has 0 saturated carbocycles. The van der Waals surface area contributed by atoms with E-state index in [9.17, 15) is 13.2 Å². The number of methoxy groups -OCH3 is 1. The van der Waals surface area contributed by atoms with Gasteiger partial charge in [0, 0.05) is 6.26 Å². The van der Waals surface area contributed by atoms with Crippen LogP contribution in [0.2, 0.25) is 0 Å². The van der Waals surface area contributed by atoms with Crippen LogP contribution in [0.25, 0.3) is 10.8 Å². The van der Waals surface area contributed by atoms with Gasteiger partial charge in [-0.15, -0.1) is 5.10 Å². The number of amides is 1. The molecule has 1 aromatic heterocycles. The fraction of sp³-hybridized carbons (Fsp3) is 0.136. The van der Waals surface area contributed by atoms with Crippen LogP contribution in [0, 0.1) is 0 Å². The summed E-state index contributed by atoms with van der Waals surface area (Å²) in [6.45, 7) is 0. The molecule has 0 unspecified atom stereocenters. The molecule has 0 aliphatic heterocycles. The maximum absolute atomic E-state index is 12.8. The number of carbonyl (C=O) groups is 1. The molecule has 0 saturated heterocycles. The summed E-state index contributed by atoms with van der Waals surface area (Å²) in [7, 11) is -1.76. The lowest BCUT2D eigenvalue weighted by atomic mass is 10.1. The SMILES string of the molecule is COc1cc2ccccc2cc1C(=O)Nc1nnc(Cc2ccc(S(C)(=O)=O)cc2)o1. The molecule has 0 aliphatic rings. The second kappa shape index (κ2) is 8.19. The molecule has 1 amide bonds. The van der Waals surface area contributed by atoms with Gasteiger partial charge in [0.2, 0.25) is 5.89 Å². The summed E-state index contributed by atoms with van der Waals surface area (Å²) < 4.78 is 34.0. The first kappa shape index (κ1) is 20.5. The standard InChI is InChI=1S/C22H19N3O5S/c1-29-19-13-16-6-4-3-5-15(16)12-18(19)21(26)23-22-25-24-20(30-22)11-14-7-9-17(10-8-14)31(2,27)28/h3-10,12-13H,11H2,1-2H3,(H,23,25,26). The van der Waals surface area contributed by atoms with Crippen molar-refractivity contribution in [3.63, 3.8) is 0 Å². The lowest BCUT2D eigenvalue weighted by Gasteiger charge is -2.09. The number of nitrogens with one attached hydrogen (secondary N) is 1. The Morgan fingerprint density at radius 2 is 1.71 bits per heavy atom. The zero-order chi connectivity index (χ0) is 22.0. The Balaban J connectivity index is 1.50. The van der Waals surface area contributed by atoms with E-state index in [1.807, 2.05) is 24.3 Å². The first-order valence-corrected chi connectivity index (χ1v) is 11.2. The second-order valence-corrected chi connectivity index (χ2v) is 8.96. The molecular formula is C22H19N3O5S. The van der Waals surface area contributed by atoms with E-state index in [2.05, 4.69) is 15.5 Å². The predicted molar refractivity (Wildman–Crippen MR) is 115 cm³/mol. The molecule has 4 aromatic rings. The van der Waals surface area contributed by atoms with E-state index in [0.29, 0.717) is 17.7 Å². The number of hydrogen-bond donors (Lipinski definition) is 1. The van der Waals surface area contributed by atoms with Crippen molar-refractivity contribution in [3.8, 4) is 5.75 Å². The fourth-order valence-electron chi connectivity index (χ4n) is 3.13. The van der Waals surface area contributed by atoms with E-state index in [-0.39, 0.29) is 16.8 Å². The minimum atomic E-state index is -3.26. The van der Waals surface area contributed by atoms with Gasteiger partial charge in [-0.25, -0.2) is 8.42 Å². The number of ether oxygens (including phenoxy) is 1. The van der Waals surface area contributed by atoms with Crippen LogP contribution in [0.5, 0.6) is 5.75 Å². The number of nitrogens with zero attached hydrogens (tertiary/aromatic N) is 2. The van der Waals surface area contributed by atoms with E-state index in [4.69, 9.17) is 9.15 Å². The summed E-state index contributed by atoms with van der Waals surface area (Å²) >= 11 is 0. The Morgan fingerprint density at radius 3 is 2.35 bits per heavy atom. The van der Waals surface area contributed by atoms with E-state index >= 15 is 0 Å². The number of carbonyl (C=O) groups excluding carboxylic acids is 1. The lowest BCUT2D eigenvalue weighted by molar-refractivity contribution is 0.102. The Kier molecular flexibility index (Phi) is 5.43. The molecule has 0 fully saturated rings. The molecule has 9 heteroatoms. The third kappa shape index (κ3) is 4.56. The molecular weight excluding hydrogens is 418 g/mol. The van der Waals surface area contributed by atoms with Gasteiger partial charge in [0.05, 0.1) is 24.0 Å². The average molecular weight is 437 g/mol. The Bertz CT molecular complexity index is 1360. The molecule has 158 valence electrons. The molecule has 0 atom stereocenters. The Labute approximate surface area is 178 Å². The van der Waals surface area contributed by atoms with Crippen LogP contribution in [0.15, 0.2) is 70.0 Å². The van der Waals surface area contributed by atoms with Gasteiger partial charge < -0.3 is 9.15 Å². The second-order valence-electron chi connectivity index (χ2n) is 6.95. The molecule has 0 bridgehead atoms. The van der Waals surface area contributed by atoms with Crippen molar-refractivity contribution in [1.82, 2.24) is 10.2 Å². The number of aromatic nitrogens is 2. The van der Waals surface area contributed by atoms with Crippen molar-refractivity contribution in [1.29, 1.82) is 0 Å². The van der Waals surface area contributed by atoms with Gasteiger partial charge in [-0.3, -0.25) is 10.1 Å². The molecule has 1 heterocycles. The monoisotopic (exact) mass is 437 g/mol. The molecule has 8 nitrogen and oxygen atoms in total. The number of hydrogen-bond acceptors (Lipinski definition) is 7. The summed E-state index contributed by atoms with van der Waals surface area (Å²) in [5.74, 6) is 0.282. The van der Waals surface area contributed by atoms with Crippen LogP contribution in [-0.2, 0) is 16.3 Å². The molecule has 0 radical (unpaired) electrons. The minimum Gasteiger partial charge on any atom is -0.496 e. The molecule has 0 aliphatic carbocycles. The van der Waals surface area contributed by atoms with Gasteiger partial charge in [-0.05, 0) is 40.6 Å². The highest BCUT2D eigenvalue weighted by molar-refractivity contribution is 7.90. The lowest BCUT2D eigenvalue weighted by Crippen LogP contribution is -2.13. The van der Waals surface area contributed by atoms with Crippen molar-refractivity contribution in [3.05, 3.63) is 77.7 Å². The minimum absolute atomic E-state index is 0.0389. The van der Waals surface area contributed by atoms with Crippen LogP contribution >= 0.6 is 0 Å². The molecule has 31 heavy (non-hydrogen) atoms. The summed E-state index contributed by atoms with van der Waals surface area (Å²) in [6.07, 6.45) is 1.45. The van der Waals surface area contributed by atoms with Crippen LogP contribution < -0.4 is 10.1 Å². The average Bonchev–Trinajstić information content (AvgIpc) is 3.19. The van der Waals surface area contributed by atoms with Crippen molar-refractivity contribution in [2.75, 3.05) is 18.7 Å². The highest BCUT2D eigenvalue weighted by Crippen LogP contribution is 2.26. The maximum Gasteiger partial charge on any atom is 0.322 e. The zero-order valence-corrected chi connectivity index (χ0v) is 17.6. The van der Waals surface area contributed by atoms with Gasteiger partial charge in [-0.1, -0.05) is 41.5 Å².